The molecular weight excluding hydrogens is 200 g/mol. The van der Waals surface area contributed by atoms with Crippen molar-refractivity contribution in [3.8, 4) is 0 Å². The Balaban J connectivity index is 2.52. The summed E-state index contributed by atoms with van der Waals surface area (Å²) in [4.78, 5) is 11.6. The van der Waals surface area contributed by atoms with E-state index in [1.165, 1.54) is 11.1 Å². The van der Waals surface area contributed by atoms with Crippen LogP contribution in [-0.4, -0.2) is 19.0 Å². The summed E-state index contributed by atoms with van der Waals surface area (Å²) < 4.78 is 0. The molecule has 0 fully saturated rings. The fourth-order valence-corrected chi connectivity index (χ4v) is 1.56. The lowest BCUT2D eigenvalue weighted by molar-refractivity contribution is -0.120. The second kappa shape index (κ2) is 6.28. The molecule has 1 amide bonds. The van der Waals surface area contributed by atoms with Crippen LogP contribution in [0.5, 0.6) is 0 Å². The number of rotatable bonds is 5. The number of amides is 1. The van der Waals surface area contributed by atoms with Gasteiger partial charge in [0.1, 0.15) is 0 Å². The maximum atomic E-state index is 11.6. The molecule has 0 aromatic heterocycles. The van der Waals surface area contributed by atoms with Gasteiger partial charge in [0, 0.05) is 6.54 Å². The van der Waals surface area contributed by atoms with Crippen LogP contribution < -0.4 is 11.1 Å². The zero-order valence-electron chi connectivity index (χ0n) is 10.0. The molecule has 0 saturated carbocycles. The lowest BCUT2D eigenvalue weighted by Crippen LogP contribution is -2.27. The highest BCUT2D eigenvalue weighted by atomic mass is 16.1. The summed E-state index contributed by atoms with van der Waals surface area (Å²) in [5.74, 6) is 0.0714. The summed E-state index contributed by atoms with van der Waals surface area (Å²) >= 11 is 0. The van der Waals surface area contributed by atoms with Gasteiger partial charge in [-0.3, -0.25) is 4.79 Å². The van der Waals surface area contributed by atoms with Gasteiger partial charge in [-0.05, 0) is 37.9 Å². The summed E-state index contributed by atoms with van der Waals surface area (Å²) in [5.41, 5.74) is 8.82. The van der Waals surface area contributed by atoms with E-state index < -0.39 is 0 Å². The minimum atomic E-state index is 0.0714. The minimum absolute atomic E-state index is 0.0714. The molecule has 0 radical (unpaired) electrons. The van der Waals surface area contributed by atoms with E-state index in [2.05, 4.69) is 23.5 Å². The average molecular weight is 220 g/mol. The van der Waals surface area contributed by atoms with E-state index >= 15 is 0 Å². The maximum absolute atomic E-state index is 11.6. The van der Waals surface area contributed by atoms with E-state index in [4.69, 9.17) is 5.73 Å². The summed E-state index contributed by atoms with van der Waals surface area (Å²) in [6, 6.07) is 6.18. The van der Waals surface area contributed by atoms with Gasteiger partial charge < -0.3 is 11.1 Å². The molecular formula is C13H20N2O. The van der Waals surface area contributed by atoms with Crippen molar-refractivity contribution in [2.24, 2.45) is 5.73 Å². The Labute approximate surface area is 97.0 Å². The van der Waals surface area contributed by atoms with E-state index in [0.717, 1.165) is 12.0 Å². The van der Waals surface area contributed by atoms with Crippen LogP contribution in [0, 0.1) is 13.8 Å². The van der Waals surface area contributed by atoms with Crippen LogP contribution in [-0.2, 0) is 11.2 Å². The standard InChI is InChI=1S/C13H20N2O/c1-10-4-5-11(2)12(8-10)9-13(16)15-7-3-6-14/h4-5,8H,3,6-7,9,14H2,1-2H3,(H,15,16). The number of carbonyl (C=O) groups is 1. The monoisotopic (exact) mass is 220 g/mol. The second-order valence-corrected chi connectivity index (χ2v) is 4.10. The van der Waals surface area contributed by atoms with Crippen molar-refractivity contribution < 1.29 is 4.79 Å². The van der Waals surface area contributed by atoms with E-state index in [-0.39, 0.29) is 5.91 Å². The molecule has 1 aromatic rings. The molecule has 0 heterocycles. The molecule has 3 nitrogen and oxygen atoms in total. The van der Waals surface area contributed by atoms with Crippen molar-refractivity contribution >= 4 is 5.91 Å². The maximum Gasteiger partial charge on any atom is 0.224 e. The molecule has 3 heteroatoms. The quantitative estimate of drug-likeness (QED) is 0.735. The molecule has 0 unspecified atom stereocenters. The topological polar surface area (TPSA) is 55.1 Å². The third kappa shape index (κ3) is 4.03. The fraction of sp³-hybridized carbons (Fsp3) is 0.462. The zero-order chi connectivity index (χ0) is 12.0. The Morgan fingerprint density at radius 2 is 2.12 bits per heavy atom. The minimum Gasteiger partial charge on any atom is -0.356 e. The molecule has 1 rings (SSSR count). The highest BCUT2D eigenvalue weighted by Crippen LogP contribution is 2.11. The SMILES string of the molecule is Cc1ccc(C)c(CC(=O)NCCCN)c1. The van der Waals surface area contributed by atoms with Gasteiger partial charge >= 0.3 is 0 Å². The first-order valence-electron chi connectivity index (χ1n) is 5.66. The van der Waals surface area contributed by atoms with Crippen LogP contribution in [0.15, 0.2) is 18.2 Å². The molecule has 0 spiro atoms. The molecule has 0 aliphatic carbocycles. The van der Waals surface area contributed by atoms with Gasteiger partial charge in [0.15, 0.2) is 0 Å². The Morgan fingerprint density at radius 1 is 1.38 bits per heavy atom. The number of aryl methyl sites for hydroxylation is 2. The Morgan fingerprint density at radius 3 is 2.81 bits per heavy atom. The van der Waals surface area contributed by atoms with Gasteiger partial charge in [-0.1, -0.05) is 23.8 Å². The summed E-state index contributed by atoms with van der Waals surface area (Å²) in [7, 11) is 0. The van der Waals surface area contributed by atoms with Crippen molar-refractivity contribution in [1.82, 2.24) is 5.32 Å². The van der Waals surface area contributed by atoms with Gasteiger partial charge in [-0.15, -0.1) is 0 Å². The van der Waals surface area contributed by atoms with Crippen molar-refractivity contribution in [1.29, 1.82) is 0 Å². The zero-order valence-corrected chi connectivity index (χ0v) is 10.0. The van der Waals surface area contributed by atoms with E-state index in [1.54, 1.807) is 0 Å². The lowest BCUT2D eigenvalue weighted by atomic mass is 10.0. The second-order valence-electron chi connectivity index (χ2n) is 4.10. The molecule has 16 heavy (non-hydrogen) atoms. The van der Waals surface area contributed by atoms with Crippen LogP contribution in [0.3, 0.4) is 0 Å². The summed E-state index contributed by atoms with van der Waals surface area (Å²) in [5, 5.41) is 2.86. The van der Waals surface area contributed by atoms with Crippen LogP contribution in [0.25, 0.3) is 0 Å². The van der Waals surface area contributed by atoms with Gasteiger partial charge in [-0.25, -0.2) is 0 Å². The highest BCUT2D eigenvalue weighted by Gasteiger charge is 2.05. The predicted molar refractivity (Wildman–Crippen MR) is 66.3 cm³/mol. The fourth-order valence-electron chi connectivity index (χ4n) is 1.56. The third-order valence-corrected chi connectivity index (χ3v) is 2.56. The number of nitrogens with one attached hydrogen (secondary N) is 1. The van der Waals surface area contributed by atoms with Gasteiger partial charge in [-0.2, -0.15) is 0 Å². The smallest absolute Gasteiger partial charge is 0.224 e. The number of nitrogens with two attached hydrogens (primary N) is 1. The first-order valence-corrected chi connectivity index (χ1v) is 5.66. The van der Waals surface area contributed by atoms with Crippen LogP contribution >= 0.6 is 0 Å². The van der Waals surface area contributed by atoms with Gasteiger partial charge in [0.2, 0.25) is 5.91 Å². The normalized spacial score (nSPS) is 10.2. The number of benzene rings is 1. The van der Waals surface area contributed by atoms with Crippen molar-refractivity contribution in [3.63, 3.8) is 0 Å². The number of hydrogen-bond acceptors (Lipinski definition) is 2. The Hall–Kier alpha value is -1.35. The molecule has 0 aliphatic rings. The molecule has 0 saturated heterocycles. The highest BCUT2D eigenvalue weighted by molar-refractivity contribution is 5.78. The summed E-state index contributed by atoms with van der Waals surface area (Å²) in [6.07, 6.45) is 1.29. The van der Waals surface area contributed by atoms with Crippen molar-refractivity contribution in [3.05, 3.63) is 34.9 Å². The van der Waals surface area contributed by atoms with Gasteiger partial charge in [0.25, 0.3) is 0 Å². The molecule has 0 atom stereocenters. The lowest BCUT2D eigenvalue weighted by Gasteiger charge is -2.07. The van der Waals surface area contributed by atoms with Crippen LogP contribution in [0.2, 0.25) is 0 Å². The van der Waals surface area contributed by atoms with Crippen molar-refractivity contribution in [2.75, 3.05) is 13.1 Å². The van der Waals surface area contributed by atoms with E-state index in [1.807, 2.05) is 13.8 Å². The van der Waals surface area contributed by atoms with Crippen LogP contribution in [0.4, 0.5) is 0 Å². The Kier molecular flexibility index (Phi) is 4.99. The van der Waals surface area contributed by atoms with Gasteiger partial charge in [0.05, 0.1) is 6.42 Å². The van der Waals surface area contributed by atoms with Crippen molar-refractivity contribution in [2.45, 2.75) is 26.7 Å². The Bertz CT molecular complexity index is 361. The first kappa shape index (κ1) is 12.7. The number of hydrogen-bond donors (Lipinski definition) is 2. The first-order chi connectivity index (χ1) is 7.63. The molecule has 3 N–H and O–H groups in total. The predicted octanol–water partition coefficient (Wildman–Crippen LogP) is 1.31. The van der Waals surface area contributed by atoms with E-state index in [9.17, 15) is 4.79 Å². The molecule has 0 aliphatic heterocycles. The largest absolute Gasteiger partial charge is 0.356 e. The van der Waals surface area contributed by atoms with E-state index in [0.29, 0.717) is 19.5 Å². The van der Waals surface area contributed by atoms with Crippen LogP contribution in [0.1, 0.15) is 23.1 Å². The molecule has 88 valence electrons. The third-order valence-electron chi connectivity index (χ3n) is 2.56. The average Bonchev–Trinajstić information content (AvgIpc) is 2.24. The number of carbonyl (C=O) groups excluding carboxylic acids is 1. The summed E-state index contributed by atoms with van der Waals surface area (Å²) in [6.45, 7) is 5.35. The molecule has 1 aromatic carbocycles. The molecule has 0 bridgehead atoms.